The Kier molecular flexibility index (Phi) is 5.45. The van der Waals surface area contributed by atoms with Gasteiger partial charge in [0.2, 0.25) is 0 Å². The lowest BCUT2D eigenvalue weighted by atomic mass is 9.89. The summed E-state index contributed by atoms with van der Waals surface area (Å²) >= 11 is 0. The number of benzene rings is 2. The van der Waals surface area contributed by atoms with Crippen molar-refractivity contribution in [1.29, 1.82) is 0 Å². The highest BCUT2D eigenvalue weighted by Crippen LogP contribution is 2.45. The minimum absolute atomic E-state index is 0.0799. The molecule has 3 aromatic rings. The second-order valence-electron chi connectivity index (χ2n) is 11.0. The third kappa shape index (κ3) is 3.88. The van der Waals surface area contributed by atoms with Crippen LogP contribution in [0.4, 0.5) is 0 Å². The summed E-state index contributed by atoms with van der Waals surface area (Å²) in [6.45, 7) is 7.03. The topological polar surface area (TPSA) is 137 Å². The zero-order valence-corrected chi connectivity index (χ0v) is 21.7. The van der Waals surface area contributed by atoms with E-state index >= 15 is 0 Å². The molecule has 0 bridgehead atoms. The molecule has 9 nitrogen and oxygen atoms in total. The number of aryl methyl sites for hydroxylation is 1. The molecule has 9 heteroatoms. The van der Waals surface area contributed by atoms with E-state index in [1.807, 2.05) is 38.3 Å². The Balaban J connectivity index is 1.22. The van der Waals surface area contributed by atoms with Crippen molar-refractivity contribution in [3.05, 3.63) is 68.6 Å². The van der Waals surface area contributed by atoms with Crippen LogP contribution in [0.1, 0.15) is 55.0 Å². The molecular formula is C29H30N2O7. The van der Waals surface area contributed by atoms with Gasteiger partial charge in [-0.3, -0.25) is 9.79 Å². The molecular weight excluding hydrogens is 488 g/mol. The molecule has 2 aromatic carbocycles. The van der Waals surface area contributed by atoms with E-state index < -0.39 is 23.3 Å². The van der Waals surface area contributed by atoms with Crippen LogP contribution < -0.4 is 15.9 Å². The van der Waals surface area contributed by atoms with Gasteiger partial charge >= 0.3 is 5.97 Å². The van der Waals surface area contributed by atoms with Crippen LogP contribution in [0, 0.1) is 6.92 Å². The number of nitrogens with zero attached hydrogens (tertiary/aromatic N) is 1. The molecule has 38 heavy (non-hydrogen) atoms. The number of carbonyl (C=O) groups is 1. The van der Waals surface area contributed by atoms with Crippen molar-refractivity contribution >= 4 is 23.2 Å². The molecule has 4 atom stereocenters. The standard InChI is InChI=1S/C29H30N2O7/c1-14-10-19(32)24-21(35-14)13-20-18(25(24)33)12-22(28(2,3)37-20)36-27(34)29(4)23(38-29)11-15-6-5-7-17-16(15)8-9-31-26(17)30/h5-7,9-10,13,22-23,26,33H,8,11-12,30H2,1-4H3/t22-,23-,26+,29+/m1/s1. The molecule has 6 rings (SSSR count). The van der Waals surface area contributed by atoms with Crippen molar-refractivity contribution in [1.82, 2.24) is 0 Å². The first-order valence-corrected chi connectivity index (χ1v) is 12.7. The third-order valence-corrected chi connectivity index (χ3v) is 7.91. The van der Waals surface area contributed by atoms with Gasteiger partial charge in [0, 0.05) is 43.2 Å². The van der Waals surface area contributed by atoms with E-state index in [1.165, 1.54) is 6.07 Å². The highest BCUT2D eigenvalue weighted by Gasteiger charge is 2.61. The van der Waals surface area contributed by atoms with Crippen molar-refractivity contribution in [2.75, 3.05) is 0 Å². The van der Waals surface area contributed by atoms with Gasteiger partial charge in [0.25, 0.3) is 0 Å². The van der Waals surface area contributed by atoms with Gasteiger partial charge in [-0.05, 0) is 44.4 Å². The summed E-state index contributed by atoms with van der Waals surface area (Å²) in [7, 11) is 0. The van der Waals surface area contributed by atoms with Gasteiger partial charge in [0.1, 0.15) is 52.2 Å². The number of esters is 1. The van der Waals surface area contributed by atoms with Gasteiger partial charge in [-0.1, -0.05) is 18.2 Å². The average molecular weight is 519 g/mol. The highest BCUT2D eigenvalue weighted by molar-refractivity contribution is 5.87. The van der Waals surface area contributed by atoms with Crippen LogP contribution in [-0.2, 0) is 33.5 Å². The van der Waals surface area contributed by atoms with Crippen LogP contribution in [0.25, 0.3) is 11.0 Å². The molecule has 0 saturated carbocycles. The van der Waals surface area contributed by atoms with E-state index in [0.717, 1.165) is 16.7 Å². The molecule has 0 unspecified atom stereocenters. The largest absolute Gasteiger partial charge is 0.507 e. The molecule has 0 aliphatic carbocycles. The lowest BCUT2D eigenvalue weighted by Gasteiger charge is -2.39. The Morgan fingerprint density at radius 1 is 1.24 bits per heavy atom. The third-order valence-electron chi connectivity index (χ3n) is 7.91. The van der Waals surface area contributed by atoms with Crippen LogP contribution in [0.3, 0.4) is 0 Å². The fourth-order valence-electron chi connectivity index (χ4n) is 5.53. The molecule has 0 amide bonds. The van der Waals surface area contributed by atoms with Crippen molar-refractivity contribution in [2.45, 2.75) is 76.5 Å². The van der Waals surface area contributed by atoms with E-state index in [1.54, 1.807) is 19.9 Å². The van der Waals surface area contributed by atoms with Crippen LogP contribution in [0.15, 0.2) is 44.5 Å². The number of hydrogen-bond acceptors (Lipinski definition) is 9. The minimum atomic E-state index is -1.10. The predicted octanol–water partition coefficient (Wildman–Crippen LogP) is 3.42. The Bertz CT molecular complexity index is 1570. The van der Waals surface area contributed by atoms with Gasteiger partial charge < -0.3 is 29.5 Å². The van der Waals surface area contributed by atoms with Crippen molar-refractivity contribution < 1.29 is 28.5 Å². The first-order chi connectivity index (χ1) is 18.0. The Morgan fingerprint density at radius 2 is 2.03 bits per heavy atom. The Labute approximate surface area is 219 Å². The molecule has 198 valence electrons. The van der Waals surface area contributed by atoms with Crippen LogP contribution in [0.5, 0.6) is 11.5 Å². The predicted molar refractivity (Wildman–Crippen MR) is 140 cm³/mol. The van der Waals surface area contributed by atoms with E-state index in [2.05, 4.69) is 4.99 Å². The minimum Gasteiger partial charge on any atom is -0.507 e. The van der Waals surface area contributed by atoms with E-state index in [4.69, 9.17) is 24.4 Å². The molecule has 3 aliphatic rings. The van der Waals surface area contributed by atoms with E-state index in [-0.39, 0.29) is 40.8 Å². The fourth-order valence-corrected chi connectivity index (χ4v) is 5.53. The maximum atomic E-state index is 13.4. The number of phenols is 1. The van der Waals surface area contributed by atoms with E-state index in [9.17, 15) is 14.7 Å². The number of phenolic OH excluding ortho intramolecular Hbond substituents is 1. The molecule has 1 fully saturated rings. The second-order valence-corrected chi connectivity index (χ2v) is 11.0. The number of ether oxygens (including phenoxy) is 3. The summed E-state index contributed by atoms with van der Waals surface area (Å²) in [5.41, 5.74) is 7.62. The molecule has 4 heterocycles. The fraction of sp³-hybridized carbons (Fsp3) is 0.414. The second kappa shape index (κ2) is 8.41. The monoisotopic (exact) mass is 518 g/mol. The van der Waals surface area contributed by atoms with Gasteiger partial charge in [0.05, 0.1) is 0 Å². The zero-order valence-electron chi connectivity index (χ0n) is 21.7. The summed E-state index contributed by atoms with van der Waals surface area (Å²) in [6, 6.07) is 8.89. The number of aromatic hydroxyl groups is 1. The first kappa shape index (κ1) is 24.6. The van der Waals surface area contributed by atoms with Gasteiger partial charge in [-0.2, -0.15) is 0 Å². The lowest BCUT2D eigenvalue weighted by Crippen LogP contribution is -2.50. The molecule has 3 aliphatic heterocycles. The zero-order chi connectivity index (χ0) is 27.0. The normalized spacial score (nSPS) is 26.8. The SMILES string of the molecule is Cc1cc(=O)c2c(O)c3c(cc2o1)OC(C)(C)[C@H](OC(=O)[C@@]1(C)O[C@@H]1Cc1cccc2c1CC=N[C@@H]2N)C3. The molecule has 0 spiro atoms. The van der Waals surface area contributed by atoms with Crippen molar-refractivity contribution in [3.63, 3.8) is 0 Å². The first-order valence-electron chi connectivity index (χ1n) is 12.7. The van der Waals surface area contributed by atoms with Crippen molar-refractivity contribution in [3.8, 4) is 11.5 Å². The Hall–Kier alpha value is -3.69. The van der Waals surface area contributed by atoms with Crippen molar-refractivity contribution in [2.24, 2.45) is 10.7 Å². The number of carbonyl (C=O) groups excluding carboxylic acids is 1. The van der Waals surface area contributed by atoms with Crippen LogP contribution >= 0.6 is 0 Å². The smallest absolute Gasteiger partial charge is 0.341 e. The Morgan fingerprint density at radius 3 is 2.82 bits per heavy atom. The summed E-state index contributed by atoms with van der Waals surface area (Å²) in [4.78, 5) is 30.2. The molecule has 3 N–H and O–H groups in total. The number of fused-ring (bicyclic) bond motifs is 3. The number of hydrogen-bond donors (Lipinski definition) is 2. The van der Waals surface area contributed by atoms with Gasteiger partial charge in [0.15, 0.2) is 11.0 Å². The average Bonchev–Trinajstić information content (AvgIpc) is 3.50. The number of rotatable bonds is 4. The highest BCUT2D eigenvalue weighted by atomic mass is 16.7. The maximum Gasteiger partial charge on any atom is 0.341 e. The summed E-state index contributed by atoms with van der Waals surface area (Å²) in [6.07, 6.45) is 1.79. The number of aliphatic imine (C=N–C) groups is 1. The van der Waals surface area contributed by atoms with Gasteiger partial charge in [-0.15, -0.1) is 0 Å². The van der Waals surface area contributed by atoms with Crippen LogP contribution in [-0.4, -0.2) is 40.7 Å². The lowest BCUT2D eigenvalue weighted by molar-refractivity contribution is -0.166. The summed E-state index contributed by atoms with van der Waals surface area (Å²) in [5, 5.41) is 11.0. The summed E-state index contributed by atoms with van der Waals surface area (Å²) < 4.78 is 23.7. The number of epoxide rings is 1. The van der Waals surface area contributed by atoms with Crippen LogP contribution in [0.2, 0.25) is 0 Å². The van der Waals surface area contributed by atoms with Gasteiger partial charge in [-0.25, -0.2) is 4.79 Å². The summed E-state index contributed by atoms with van der Waals surface area (Å²) in [5.74, 6) is 0.114. The molecule has 0 radical (unpaired) electrons. The molecule has 1 aromatic heterocycles. The quantitative estimate of drug-likeness (QED) is 0.396. The number of nitrogens with two attached hydrogens (primary N) is 1. The van der Waals surface area contributed by atoms with E-state index in [0.29, 0.717) is 29.9 Å². The maximum absolute atomic E-state index is 13.4. The molecule has 1 saturated heterocycles.